The largest absolute Gasteiger partial charge is 0.454 e. The van der Waals surface area contributed by atoms with Gasteiger partial charge in [0, 0.05) is 6.54 Å². The van der Waals surface area contributed by atoms with Crippen molar-refractivity contribution in [1.82, 2.24) is 4.90 Å². The number of carbonyl (C=O) groups is 3. The van der Waals surface area contributed by atoms with Crippen molar-refractivity contribution in [2.45, 2.75) is 18.9 Å². The average molecular weight is 394 g/mol. The zero-order valence-corrected chi connectivity index (χ0v) is 14.9. The lowest BCUT2D eigenvalue weighted by Crippen LogP contribution is -2.41. The molecule has 1 aromatic heterocycles. The van der Waals surface area contributed by atoms with Gasteiger partial charge < -0.3 is 15.0 Å². The Balaban J connectivity index is 1.57. The number of rotatable bonds is 5. The first-order valence-electron chi connectivity index (χ1n) is 8.22. The molecule has 0 saturated carbocycles. The van der Waals surface area contributed by atoms with Gasteiger partial charge in [-0.2, -0.15) is 0 Å². The summed E-state index contributed by atoms with van der Waals surface area (Å²) in [6, 6.07) is 5.80. The number of para-hydroxylation sites is 1. The second-order valence-corrected chi connectivity index (χ2v) is 6.83. The van der Waals surface area contributed by atoms with Crippen LogP contribution in [0.25, 0.3) is 0 Å². The minimum absolute atomic E-state index is 0.262. The number of nitrogens with one attached hydrogen (secondary N) is 1. The maximum Gasteiger partial charge on any atom is 0.329 e. The van der Waals surface area contributed by atoms with Crippen molar-refractivity contribution in [2.24, 2.45) is 0 Å². The van der Waals surface area contributed by atoms with Crippen LogP contribution in [0.3, 0.4) is 0 Å². The third kappa shape index (κ3) is 4.30. The number of hydrogen-bond acceptors (Lipinski definition) is 5. The van der Waals surface area contributed by atoms with Gasteiger partial charge in [0.05, 0.1) is 4.88 Å². The summed E-state index contributed by atoms with van der Waals surface area (Å²) in [6.07, 6.45) is 1.07. The van der Waals surface area contributed by atoms with Crippen molar-refractivity contribution in [2.75, 3.05) is 18.5 Å². The van der Waals surface area contributed by atoms with E-state index in [2.05, 4.69) is 0 Å². The molecule has 1 atom stereocenters. The van der Waals surface area contributed by atoms with Crippen molar-refractivity contribution >= 4 is 34.8 Å². The number of benzene rings is 1. The first-order chi connectivity index (χ1) is 13.0. The number of amides is 2. The van der Waals surface area contributed by atoms with Gasteiger partial charge in [0.2, 0.25) is 0 Å². The van der Waals surface area contributed by atoms with Crippen molar-refractivity contribution in [3.63, 3.8) is 0 Å². The van der Waals surface area contributed by atoms with Gasteiger partial charge in [-0.05, 0) is 36.4 Å². The van der Waals surface area contributed by atoms with E-state index in [1.807, 2.05) is 5.32 Å². The molecule has 0 bridgehead atoms. The van der Waals surface area contributed by atoms with E-state index in [9.17, 15) is 23.2 Å². The summed E-state index contributed by atoms with van der Waals surface area (Å²) >= 11 is 1.28. The summed E-state index contributed by atoms with van der Waals surface area (Å²) in [6.45, 7) is -0.284. The van der Waals surface area contributed by atoms with E-state index in [1.54, 1.807) is 17.5 Å². The fourth-order valence-electron chi connectivity index (χ4n) is 2.82. The lowest BCUT2D eigenvalue weighted by atomic mass is 10.2. The maximum absolute atomic E-state index is 13.5. The Hall–Kier alpha value is -2.81. The molecule has 1 aliphatic heterocycles. The zero-order valence-electron chi connectivity index (χ0n) is 14.1. The van der Waals surface area contributed by atoms with Crippen LogP contribution in [0.1, 0.15) is 22.5 Å². The van der Waals surface area contributed by atoms with E-state index in [0.29, 0.717) is 24.3 Å². The molecule has 0 radical (unpaired) electrons. The summed E-state index contributed by atoms with van der Waals surface area (Å²) < 4.78 is 32.0. The predicted molar refractivity (Wildman–Crippen MR) is 94.3 cm³/mol. The van der Waals surface area contributed by atoms with Crippen LogP contribution in [-0.4, -0.2) is 41.9 Å². The van der Waals surface area contributed by atoms with E-state index in [0.717, 1.165) is 12.1 Å². The highest BCUT2D eigenvalue weighted by Crippen LogP contribution is 2.23. The van der Waals surface area contributed by atoms with Crippen LogP contribution in [0.4, 0.5) is 14.5 Å². The Labute approximate surface area is 157 Å². The van der Waals surface area contributed by atoms with E-state index in [4.69, 9.17) is 4.74 Å². The minimum Gasteiger partial charge on any atom is -0.454 e. The van der Waals surface area contributed by atoms with Crippen LogP contribution >= 0.6 is 11.3 Å². The van der Waals surface area contributed by atoms with E-state index in [-0.39, 0.29) is 5.91 Å². The van der Waals surface area contributed by atoms with Crippen LogP contribution in [-0.2, 0) is 14.3 Å². The van der Waals surface area contributed by atoms with E-state index >= 15 is 0 Å². The van der Waals surface area contributed by atoms with Crippen molar-refractivity contribution in [1.29, 1.82) is 0 Å². The molecular weight excluding hydrogens is 378 g/mol. The molecule has 142 valence electrons. The number of esters is 1. The van der Waals surface area contributed by atoms with Gasteiger partial charge in [-0.25, -0.2) is 13.6 Å². The highest BCUT2D eigenvalue weighted by Gasteiger charge is 2.36. The molecule has 1 aromatic carbocycles. The van der Waals surface area contributed by atoms with Crippen LogP contribution in [0, 0.1) is 11.6 Å². The number of halogens is 2. The zero-order chi connectivity index (χ0) is 19.4. The second kappa shape index (κ2) is 8.26. The topological polar surface area (TPSA) is 75.7 Å². The Morgan fingerprint density at radius 1 is 1.19 bits per heavy atom. The van der Waals surface area contributed by atoms with Gasteiger partial charge in [0.25, 0.3) is 11.8 Å². The standard InChI is InChI=1S/C18H16F2N2O4S/c19-11-4-1-5-12(20)16(11)21-15(23)10-26-18(25)13-6-2-8-22(13)17(24)14-7-3-9-27-14/h1,3-5,7,9,13H,2,6,8,10H2,(H,21,23)/t13-/m0/s1. The first kappa shape index (κ1) is 19.0. The van der Waals surface area contributed by atoms with E-state index < -0.39 is 41.8 Å². The highest BCUT2D eigenvalue weighted by molar-refractivity contribution is 7.12. The summed E-state index contributed by atoms with van der Waals surface area (Å²) in [5, 5.41) is 3.80. The van der Waals surface area contributed by atoms with Crippen molar-refractivity contribution in [3.05, 3.63) is 52.2 Å². The molecule has 0 unspecified atom stereocenters. The maximum atomic E-state index is 13.5. The molecule has 2 heterocycles. The Morgan fingerprint density at radius 2 is 1.93 bits per heavy atom. The smallest absolute Gasteiger partial charge is 0.329 e. The molecule has 2 amide bonds. The van der Waals surface area contributed by atoms with Crippen LogP contribution in [0.2, 0.25) is 0 Å². The molecule has 6 nitrogen and oxygen atoms in total. The third-order valence-corrected chi connectivity index (χ3v) is 4.95. The molecule has 1 N–H and O–H groups in total. The van der Waals surface area contributed by atoms with Crippen LogP contribution in [0.5, 0.6) is 0 Å². The number of hydrogen-bond donors (Lipinski definition) is 1. The average Bonchev–Trinajstić information content (AvgIpc) is 3.34. The monoisotopic (exact) mass is 394 g/mol. The Kier molecular flexibility index (Phi) is 5.80. The summed E-state index contributed by atoms with van der Waals surface area (Å²) in [5.74, 6) is -3.72. The number of ether oxygens (including phenoxy) is 1. The fourth-order valence-corrected chi connectivity index (χ4v) is 3.50. The number of anilines is 1. The lowest BCUT2D eigenvalue weighted by molar-refractivity contribution is -0.151. The van der Waals surface area contributed by atoms with Gasteiger partial charge in [-0.15, -0.1) is 11.3 Å². The molecule has 1 fully saturated rings. The molecule has 0 spiro atoms. The Morgan fingerprint density at radius 3 is 2.59 bits per heavy atom. The van der Waals surface area contributed by atoms with Crippen molar-refractivity contribution < 1.29 is 27.9 Å². The molecule has 3 rings (SSSR count). The normalized spacial score (nSPS) is 16.2. The molecular formula is C18H16F2N2O4S. The summed E-state index contributed by atoms with van der Waals surface area (Å²) in [4.78, 5) is 38.5. The minimum atomic E-state index is -0.932. The fraction of sp³-hybridized carbons (Fsp3) is 0.278. The Bertz CT molecular complexity index is 837. The SMILES string of the molecule is O=C(COC(=O)[C@@H]1CCCN1C(=O)c1cccs1)Nc1c(F)cccc1F. The number of likely N-dealkylation sites (tertiary alicyclic amines) is 1. The number of carbonyl (C=O) groups excluding carboxylic acids is 3. The summed E-state index contributed by atoms with van der Waals surface area (Å²) in [7, 11) is 0. The quantitative estimate of drug-likeness (QED) is 0.792. The lowest BCUT2D eigenvalue weighted by Gasteiger charge is -2.22. The predicted octanol–water partition coefficient (Wildman–Crippen LogP) is 2.81. The van der Waals surface area contributed by atoms with Gasteiger partial charge in [0.1, 0.15) is 23.4 Å². The molecule has 1 aliphatic rings. The van der Waals surface area contributed by atoms with Gasteiger partial charge >= 0.3 is 5.97 Å². The van der Waals surface area contributed by atoms with Gasteiger partial charge in [0.15, 0.2) is 6.61 Å². The molecule has 0 aliphatic carbocycles. The first-order valence-corrected chi connectivity index (χ1v) is 9.10. The number of nitrogens with zero attached hydrogens (tertiary/aromatic N) is 1. The molecule has 2 aromatic rings. The van der Waals surface area contributed by atoms with Crippen LogP contribution < -0.4 is 5.32 Å². The summed E-state index contributed by atoms with van der Waals surface area (Å²) in [5.41, 5.74) is -0.603. The van der Waals surface area contributed by atoms with E-state index in [1.165, 1.54) is 22.3 Å². The molecule has 1 saturated heterocycles. The molecule has 27 heavy (non-hydrogen) atoms. The third-order valence-electron chi connectivity index (χ3n) is 4.09. The number of thiophene rings is 1. The van der Waals surface area contributed by atoms with Crippen LogP contribution in [0.15, 0.2) is 35.7 Å². The second-order valence-electron chi connectivity index (χ2n) is 5.89. The van der Waals surface area contributed by atoms with Crippen molar-refractivity contribution in [3.8, 4) is 0 Å². The molecule has 9 heteroatoms. The highest BCUT2D eigenvalue weighted by atomic mass is 32.1. The van der Waals surface area contributed by atoms with Gasteiger partial charge in [-0.3, -0.25) is 9.59 Å². The van der Waals surface area contributed by atoms with Gasteiger partial charge in [-0.1, -0.05) is 12.1 Å².